The van der Waals surface area contributed by atoms with E-state index < -0.39 is 0 Å². The maximum absolute atomic E-state index is 6.44. The Labute approximate surface area is 212 Å². The van der Waals surface area contributed by atoms with Crippen LogP contribution in [0.5, 0.6) is 0 Å². The second-order valence-corrected chi connectivity index (χ2v) is 13.8. The first-order valence-electron chi connectivity index (χ1n) is 14.2. The van der Waals surface area contributed by atoms with E-state index in [2.05, 4.69) is 68.9 Å². The number of allylic oxidation sites excluding steroid dienone is 1. The maximum Gasteiger partial charge on any atom is 0.125 e. The standard InChI is InChI=1S/C32H44N2O/c1-20-33-19-22-17-21(7-12-29(22)34-20)26-10-11-27-25-9-8-23-18-24(35-30(2,3)4)13-15-31(23,5)28(25)14-16-32(26,27)6/h7-8,12,17,19,24-28H,9-11,13-16,18H2,1-6H3/t24-,25+,26-,27+,28+,31+,32-/m1/s1. The Morgan fingerprint density at radius 2 is 1.83 bits per heavy atom. The predicted octanol–water partition coefficient (Wildman–Crippen LogP) is 8.17. The van der Waals surface area contributed by atoms with Crippen molar-refractivity contribution in [1.82, 2.24) is 9.97 Å². The quantitative estimate of drug-likeness (QED) is 0.413. The smallest absolute Gasteiger partial charge is 0.125 e. The first kappa shape index (κ1) is 23.6. The number of aromatic nitrogens is 2. The van der Waals surface area contributed by atoms with E-state index in [0.29, 0.717) is 22.9 Å². The van der Waals surface area contributed by atoms with Crippen LogP contribution in [-0.4, -0.2) is 21.7 Å². The molecule has 3 fully saturated rings. The van der Waals surface area contributed by atoms with Crippen LogP contribution >= 0.6 is 0 Å². The van der Waals surface area contributed by atoms with Crippen LogP contribution < -0.4 is 0 Å². The fourth-order valence-electron chi connectivity index (χ4n) is 9.14. The van der Waals surface area contributed by atoms with Crippen LogP contribution in [0.2, 0.25) is 0 Å². The molecule has 0 radical (unpaired) electrons. The minimum absolute atomic E-state index is 0.0462. The van der Waals surface area contributed by atoms with Crippen molar-refractivity contribution in [1.29, 1.82) is 0 Å². The first-order valence-corrected chi connectivity index (χ1v) is 14.2. The fraction of sp³-hybridized carbons (Fsp3) is 0.688. The van der Waals surface area contributed by atoms with Crippen molar-refractivity contribution in [3.8, 4) is 0 Å². The van der Waals surface area contributed by atoms with E-state index in [-0.39, 0.29) is 5.60 Å². The Bertz CT molecular complexity index is 1160. The summed E-state index contributed by atoms with van der Waals surface area (Å²) in [6.07, 6.45) is 15.5. The Balaban J connectivity index is 1.26. The molecule has 1 aromatic heterocycles. The lowest BCUT2D eigenvalue weighted by Crippen LogP contribution is -2.50. The van der Waals surface area contributed by atoms with Gasteiger partial charge in [-0.15, -0.1) is 0 Å². The number of rotatable bonds is 2. The largest absolute Gasteiger partial charge is 0.372 e. The molecule has 0 spiro atoms. The molecule has 0 N–H and O–H groups in total. The van der Waals surface area contributed by atoms with E-state index in [1.807, 2.05) is 13.1 Å². The van der Waals surface area contributed by atoms with Crippen molar-refractivity contribution in [2.45, 2.75) is 111 Å². The summed E-state index contributed by atoms with van der Waals surface area (Å²) in [7, 11) is 0. The second kappa shape index (κ2) is 8.13. The monoisotopic (exact) mass is 472 g/mol. The molecule has 0 unspecified atom stereocenters. The van der Waals surface area contributed by atoms with Gasteiger partial charge in [0.1, 0.15) is 5.82 Å². The zero-order chi connectivity index (χ0) is 24.6. The van der Waals surface area contributed by atoms with Gasteiger partial charge in [-0.1, -0.05) is 31.6 Å². The third-order valence-electron chi connectivity index (χ3n) is 10.7. The van der Waals surface area contributed by atoms with Gasteiger partial charge >= 0.3 is 0 Å². The molecule has 3 saturated carbocycles. The van der Waals surface area contributed by atoms with Crippen LogP contribution in [-0.2, 0) is 4.74 Å². The summed E-state index contributed by atoms with van der Waals surface area (Å²) in [6.45, 7) is 13.8. The topological polar surface area (TPSA) is 35.0 Å². The highest BCUT2D eigenvalue weighted by molar-refractivity contribution is 5.78. The number of hydrogen-bond donors (Lipinski definition) is 0. The number of aryl methyl sites for hydroxylation is 1. The van der Waals surface area contributed by atoms with Gasteiger partial charge in [0, 0.05) is 11.6 Å². The average molecular weight is 473 g/mol. The number of fused-ring (bicyclic) bond motifs is 6. The van der Waals surface area contributed by atoms with Crippen molar-refractivity contribution in [3.05, 3.63) is 47.4 Å². The molecule has 6 rings (SSSR count). The van der Waals surface area contributed by atoms with Gasteiger partial charge in [-0.05, 0) is 131 Å². The highest BCUT2D eigenvalue weighted by Gasteiger charge is 2.58. The molecular weight excluding hydrogens is 428 g/mol. The van der Waals surface area contributed by atoms with Crippen molar-refractivity contribution in [3.63, 3.8) is 0 Å². The average Bonchev–Trinajstić information content (AvgIpc) is 3.15. The number of hydrogen-bond acceptors (Lipinski definition) is 3. The van der Waals surface area contributed by atoms with Gasteiger partial charge < -0.3 is 4.74 Å². The molecule has 7 atom stereocenters. The highest BCUT2D eigenvalue weighted by atomic mass is 16.5. The third kappa shape index (κ3) is 3.88. The lowest BCUT2D eigenvalue weighted by atomic mass is 9.47. The lowest BCUT2D eigenvalue weighted by Gasteiger charge is -2.58. The summed E-state index contributed by atoms with van der Waals surface area (Å²) < 4.78 is 6.44. The Hall–Kier alpha value is -1.74. The van der Waals surface area contributed by atoms with Crippen molar-refractivity contribution < 1.29 is 4.74 Å². The number of ether oxygens (including phenoxy) is 1. The Morgan fingerprint density at radius 1 is 1.00 bits per heavy atom. The van der Waals surface area contributed by atoms with E-state index in [4.69, 9.17) is 4.74 Å². The van der Waals surface area contributed by atoms with Gasteiger partial charge in [0.15, 0.2) is 0 Å². The SMILES string of the molecule is Cc1ncc2cc([C@H]3CC[C@H]4[C@@H]5CC=C6C[C@H](OC(C)(C)C)CC[C@]6(C)[C@H]5CC[C@]34C)ccc2n1. The van der Waals surface area contributed by atoms with Gasteiger partial charge in [-0.3, -0.25) is 0 Å². The van der Waals surface area contributed by atoms with Crippen molar-refractivity contribution in [2.75, 3.05) is 0 Å². The zero-order valence-electron chi connectivity index (χ0n) is 22.7. The Kier molecular flexibility index (Phi) is 5.49. The minimum Gasteiger partial charge on any atom is -0.372 e. The normalized spacial score (nSPS) is 39.0. The number of nitrogens with zero attached hydrogens (tertiary/aromatic N) is 2. The number of benzene rings is 1. The van der Waals surface area contributed by atoms with Gasteiger partial charge in [0.25, 0.3) is 0 Å². The van der Waals surface area contributed by atoms with E-state index >= 15 is 0 Å². The third-order valence-corrected chi connectivity index (χ3v) is 10.7. The molecule has 4 aliphatic carbocycles. The molecule has 0 aliphatic heterocycles. The second-order valence-electron chi connectivity index (χ2n) is 13.8. The summed E-state index contributed by atoms with van der Waals surface area (Å²) in [4.78, 5) is 9.11. The van der Waals surface area contributed by atoms with E-state index in [1.165, 1.54) is 55.9 Å². The van der Waals surface area contributed by atoms with Gasteiger partial charge in [-0.2, -0.15) is 0 Å². The summed E-state index contributed by atoms with van der Waals surface area (Å²) in [5, 5.41) is 1.20. The minimum atomic E-state index is -0.0462. The molecule has 1 aromatic carbocycles. The molecule has 188 valence electrons. The molecule has 35 heavy (non-hydrogen) atoms. The molecule has 0 saturated heterocycles. The van der Waals surface area contributed by atoms with E-state index in [9.17, 15) is 0 Å². The summed E-state index contributed by atoms with van der Waals surface area (Å²) in [5.41, 5.74) is 5.07. The summed E-state index contributed by atoms with van der Waals surface area (Å²) in [6, 6.07) is 7.00. The Morgan fingerprint density at radius 3 is 2.63 bits per heavy atom. The van der Waals surface area contributed by atoms with Gasteiger partial charge in [0.05, 0.1) is 17.2 Å². The van der Waals surface area contributed by atoms with Gasteiger partial charge in [-0.25, -0.2) is 9.97 Å². The van der Waals surface area contributed by atoms with Crippen molar-refractivity contribution >= 4 is 10.9 Å². The van der Waals surface area contributed by atoms with Gasteiger partial charge in [0.2, 0.25) is 0 Å². The molecule has 3 nitrogen and oxygen atoms in total. The lowest BCUT2D eigenvalue weighted by molar-refractivity contribution is -0.0922. The van der Waals surface area contributed by atoms with Crippen LogP contribution in [0.25, 0.3) is 10.9 Å². The van der Waals surface area contributed by atoms with E-state index in [0.717, 1.165) is 35.5 Å². The van der Waals surface area contributed by atoms with Crippen LogP contribution in [0.3, 0.4) is 0 Å². The molecular formula is C32H44N2O. The molecule has 3 heteroatoms. The van der Waals surface area contributed by atoms with Crippen LogP contribution in [0.15, 0.2) is 36.0 Å². The van der Waals surface area contributed by atoms with Crippen LogP contribution in [0, 0.1) is 35.5 Å². The van der Waals surface area contributed by atoms with Crippen LogP contribution in [0.4, 0.5) is 0 Å². The highest BCUT2D eigenvalue weighted by Crippen LogP contribution is 2.68. The summed E-state index contributed by atoms with van der Waals surface area (Å²) >= 11 is 0. The summed E-state index contributed by atoms with van der Waals surface area (Å²) in [5.74, 6) is 4.05. The fourth-order valence-corrected chi connectivity index (χ4v) is 9.14. The molecule has 2 aromatic rings. The van der Waals surface area contributed by atoms with E-state index in [1.54, 1.807) is 5.57 Å². The van der Waals surface area contributed by atoms with Crippen molar-refractivity contribution in [2.24, 2.45) is 28.6 Å². The van der Waals surface area contributed by atoms with Crippen LogP contribution in [0.1, 0.15) is 103 Å². The molecule has 4 aliphatic rings. The predicted molar refractivity (Wildman–Crippen MR) is 143 cm³/mol. The molecule has 0 amide bonds. The first-order chi connectivity index (χ1) is 16.6. The molecule has 0 bridgehead atoms. The zero-order valence-corrected chi connectivity index (χ0v) is 22.7. The molecule has 1 heterocycles. The maximum atomic E-state index is 6.44.